The summed E-state index contributed by atoms with van der Waals surface area (Å²) < 4.78 is 41.2. The van der Waals surface area contributed by atoms with E-state index in [4.69, 9.17) is 0 Å². The van der Waals surface area contributed by atoms with Gasteiger partial charge in [0.25, 0.3) is 5.91 Å². The van der Waals surface area contributed by atoms with Crippen LogP contribution in [0.25, 0.3) is 5.65 Å². The van der Waals surface area contributed by atoms with Gasteiger partial charge in [-0.05, 0) is 68.6 Å². The number of pyridine rings is 1. The molecule has 0 spiro atoms. The number of anilines is 2. The van der Waals surface area contributed by atoms with E-state index in [1.807, 2.05) is 12.1 Å². The molecule has 0 radical (unpaired) electrons. The molecule has 10 heteroatoms. The van der Waals surface area contributed by atoms with Gasteiger partial charge in [-0.1, -0.05) is 12.1 Å². The molecule has 1 aromatic carbocycles. The standard InChI is InChI=1S/C22H23F3N6O/c23-22(24,25)16-11-18(26-17-7-8-17)31-19(12-16)27-21(29-31)28-20(32)15-5-3-14(4-6-15)13-30-9-1-2-10-30/h3-6,11-12,17,26H,1-2,7-10,13H2,(H,28,29,32). The van der Waals surface area contributed by atoms with Crippen LogP contribution in [0.3, 0.4) is 0 Å². The summed E-state index contributed by atoms with van der Waals surface area (Å²) in [7, 11) is 0. The Morgan fingerprint density at radius 3 is 2.47 bits per heavy atom. The molecule has 168 valence electrons. The topological polar surface area (TPSA) is 74.6 Å². The molecule has 1 aliphatic carbocycles. The molecule has 5 rings (SSSR count). The van der Waals surface area contributed by atoms with Gasteiger partial charge in [0.05, 0.1) is 5.56 Å². The third-order valence-electron chi connectivity index (χ3n) is 5.74. The maximum absolute atomic E-state index is 13.3. The van der Waals surface area contributed by atoms with Crippen molar-refractivity contribution < 1.29 is 18.0 Å². The lowest BCUT2D eigenvalue weighted by atomic mass is 10.1. The second-order valence-electron chi connectivity index (χ2n) is 8.39. The number of nitrogens with one attached hydrogen (secondary N) is 2. The van der Waals surface area contributed by atoms with Crippen LogP contribution in [-0.4, -0.2) is 44.5 Å². The number of halogens is 3. The third kappa shape index (κ3) is 4.55. The number of nitrogens with zero attached hydrogens (tertiary/aromatic N) is 4. The Morgan fingerprint density at radius 1 is 1.09 bits per heavy atom. The van der Waals surface area contributed by atoms with E-state index in [-0.39, 0.29) is 23.5 Å². The van der Waals surface area contributed by atoms with Gasteiger partial charge in [0.15, 0.2) is 5.65 Å². The summed E-state index contributed by atoms with van der Waals surface area (Å²) in [4.78, 5) is 19.1. The van der Waals surface area contributed by atoms with Crippen molar-refractivity contribution in [3.8, 4) is 0 Å². The van der Waals surface area contributed by atoms with Gasteiger partial charge in [-0.15, -0.1) is 5.10 Å². The SMILES string of the molecule is O=C(Nc1nc2cc(C(F)(F)F)cc(NC3CC3)n2n1)c1ccc(CN2CCCC2)cc1. The molecular weight excluding hydrogens is 421 g/mol. The fourth-order valence-electron chi connectivity index (χ4n) is 3.87. The first-order chi connectivity index (χ1) is 15.3. The summed E-state index contributed by atoms with van der Waals surface area (Å²) in [6.45, 7) is 3.04. The quantitative estimate of drug-likeness (QED) is 0.597. The van der Waals surface area contributed by atoms with Crippen LogP contribution in [0, 0.1) is 0 Å². The maximum Gasteiger partial charge on any atom is 0.416 e. The Kier molecular flexibility index (Phi) is 5.24. The average Bonchev–Trinajstić information content (AvgIpc) is 3.23. The summed E-state index contributed by atoms with van der Waals surface area (Å²) in [5.74, 6) is -0.257. The number of rotatable bonds is 6. The molecule has 0 unspecified atom stereocenters. The number of fused-ring (bicyclic) bond motifs is 1. The van der Waals surface area contributed by atoms with Gasteiger partial charge in [0.1, 0.15) is 5.82 Å². The largest absolute Gasteiger partial charge is 0.416 e. The molecule has 3 aromatic rings. The number of hydrogen-bond donors (Lipinski definition) is 2. The molecule has 1 saturated carbocycles. The van der Waals surface area contributed by atoms with E-state index in [2.05, 4.69) is 25.6 Å². The van der Waals surface area contributed by atoms with Crippen molar-refractivity contribution in [2.45, 2.75) is 44.4 Å². The highest BCUT2D eigenvalue weighted by molar-refractivity contribution is 6.03. The number of carbonyl (C=O) groups excluding carboxylic acids is 1. The number of likely N-dealkylation sites (tertiary alicyclic amines) is 1. The molecule has 1 amide bonds. The number of benzene rings is 1. The first-order valence-corrected chi connectivity index (χ1v) is 10.7. The average molecular weight is 444 g/mol. The predicted molar refractivity (Wildman–Crippen MR) is 114 cm³/mol. The van der Waals surface area contributed by atoms with E-state index in [1.54, 1.807) is 12.1 Å². The van der Waals surface area contributed by atoms with Crippen molar-refractivity contribution in [3.05, 3.63) is 53.1 Å². The van der Waals surface area contributed by atoms with Crippen LogP contribution in [0.5, 0.6) is 0 Å². The lowest BCUT2D eigenvalue weighted by Crippen LogP contribution is -2.18. The van der Waals surface area contributed by atoms with Gasteiger partial charge >= 0.3 is 6.18 Å². The van der Waals surface area contributed by atoms with Crippen LogP contribution in [0.1, 0.15) is 47.2 Å². The van der Waals surface area contributed by atoms with Gasteiger partial charge in [-0.3, -0.25) is 15.0 Å². The highest BCUT2D eigenvalue weighted by Crippen LogP contribution is 2.33. The number of aromatic nitrogens is 3. The highest BCUT2D eigenvalue weighted by Gasteiger charge is 2.33. The number of hydrogen-bond acceptors (Lipinski definition) is 5. The first kappa shape index (κ1) is 20.7. The zero-order chi connectivity index (χ0) is 22.3. The summed E-state index contributed by atoms with van der Waals surface area (Å²) in [6.07, 6.45) is -0.287. The van der Waals surface area contributed by atoms with Crippen LogP contribution in [0.15, 0.2) is 36.4 Å². The Hall–Kier alpha value is -3.14. The monoisotopic (exact) mass is 444 g/mol. The summed E-state index contributed by atoms with van der Waals surface area (Å²) in [5, 5.41) is 9.85. The fourth-order valence-corrected chi connectivity index (χ4v) is 3.87. The van der Waals surface area contributed by atoms with E-state index in [9.17, 15) is 18.0 Å². The lowest BCUT2D eigenvalue weighted by molar-refractivity contribution is -0.137. The van der Waals surface area contributed by atoms with Gasteiger partial charge in [0, 0.05) is 18.2 Å². The van der Waals surface area contributed by atoms with Crippen LogP contribution < -0.4 is 10.6 Å². The van der Waals surface area contributed by atoms with E-state index < -0.39 is 17.6 Å². The second kappa shape index (κ2) is 8.09. The van der Waals surface area contributed by atoms with Crippen molar-refractivity contribution in [3.63, 3.8) is 0 Å². The number of alkyl halides is 3. The number of carbonyl (C=O) groups is 1. The van der Waals surface area contributed by atoms with Crippen molar-refractivity contribution >= 4 is 23.3 Å². The molecule has 2 aliphatic rings. The molecule has 0 atom stereocenters. The van der Waals surface area contributed by atoms with E-state index in [0.717, 1.165) is 50.2 Å². The second-order valence-corrected chi connectivity index (χ2v) is 8.39. The first-order valence-electron chi connectivity index (χ1n) is 10.7. The van der Waals surface area contributed by atoms with Crippen molar-refractivity contribution in [2.24, 2.45) is 0 Å². The Bertz CT molecular complexity index is 1130. The zero-order valence-electron chi connectivity index (χ0n) is 17.3. The summed E-state index contributed by atoms with van der Waals surface area (Å²) in [5.41, 5.74) is 0.761. The predicted octanol–water partition coefficient (Wildman–Crippen LogP) is 4.17. The van der Waals surface area contributed by atoms with Crippen LogP contribution >= 0.6 is 0 Å². The number of amides is 1. The molecule has 1 saturated heterocycles. The van der Waals surface area contributed by atoms with Crippen molar-refractivity contribution in [1.82, 2.24) is 19.5 Å². The molecule has 7 nitrogen and oxygen atoms in total. The molecule has 3 heterocycles. The van der Waals surface area contributed by atoms with E-state index in [0.29, 0.717) is 5.56 Å². The molecule has 2 fully saturated rings. The zero-order valence-corrected chi connectivity index (χ0v) is 17.3. The van der Waals surface area contributed by atoms with E-state index >= 15 is 0 Å². The lowest BCUT2D eigenvalue weighted by Gasteiger charge is -2.14. The Labute approximate surface area is 182 Å². The molecule has 2 N–H and O–H groups in total. The summed E-state index contributed by atoms with van der Waals surface area (Å²) >= 11 is 0. The Balaban J connectivity index is 1.34. The third-order valence-corrected chi connectivity index (χ3v) is 5.74. The fraction of sp³-hybridized carbons (Fsp3) is 0.409. The molecule has 0 bridgehead atoms. The minimum absolute atomic E-state index is 0.0132. The Morgan fingerprint density at radius 2 is 1.81 bits per heavy atom. The molecule has 1 aliphatic heterocycles. The van der Waals surface area contributed by atoms with E-state index in [1.165, 1.54) is 17.4 Å². The van der Waals surface area contributed by atoms with Gasteiger partial charge in [-0.2, -0.15) is 22.7 Å². The molecule has 2 aromatic heterocycles. The van der Waals surface area contributed by atoms with Crippen LogP contribution in [-0.2, 0) is 12.7 Å². The van der Waals surface area contributed by atoms with Gasteiger partial charge < -0.3 is 5.32 Å². The van der Waals surface area contributed by atoms with Gasteiger partial charge in [-0.25, -0.2) is 0 Å². The minimum atomic E-state index is -4.51. The highest BCUT2D eigenvalue weighted by atomic mass is 19.4. The van der Waals surface area contributed by atoms with Crippen molar-refractivity contribution in [2.75, 3.05) is 23.7 Å². The van der Waals surface area contributed by atoms with Crippen LogP contribution in [0.4, 0.5) is 24.9 Å². The smallest absolute Gasteiger partial charge is 0.367 e. The van der Waals surface area contributed by atoms with Crippen LogP contribution in [0.2, 0.25) is 0 Å². The summed E-state index contributed by atoms with van der Waals surface area (Å²) in [6, 6.07) is 9.37. The maximum atomic E-state index is 13.3. The van der Waals surface area contributed by atoms with Gasteiger partial charge in [0.2, 0.25) is 5.95 Å². The van der Waals surface area contributed by atoms with Crippen molar-refractivity contribution in [1.29, 1.82) is 0 Å². The normalized spacial score (nSPS) is 17.1. The molecular formula is C22H23F3N6O. The molecule has 32 heavy (non-hydrogen) atoms. The minimum Gasteiger partial charge on any atom is -0.367 e.